The topological polar surface area (TPSA) is 55.4 Å². The molecular weight excluding hydrogens is 350 g/mol. The molecule has 2 saturated carbocycles. The van der Waals surface area contributed by atoms with Crippen molar-refractivity contribution in [2.75, 3.05) is 0 Å². The lowest BCUT2D eigenvalue weighted by atomic mass is 9.84. The molecule has 4 unspecified atom stereocenters. The Bertz CT molecular complexity index is 874. The van der Waals surface area contributed by atoms with E-state index < -0.39 is 0 Å². The van der Waals surface area contributed by atoms with Crippen molar-refractivity contribution in [3.8, 4) is 16.9 Å². The van der Waals surface area contributed by atoms with Gasteiger partial charge in [0, 0.05) is 18.5 Å². The van der Waals surface area contributed by atoms with Crippen molar-refractivity contribution in [2.24, 2.45) is 17.8 Å². The Labute approximate surface area is 166 Å². The molecule has 4 nitrogen and oxygen atoms in total. The highest BCUT2D eigenvalue weighted by molar-refractivity contribution is 5.95. The summed E-state index contributed by atoms with van der Waals surface area (Å²) in [5.41, 5.74) is 2.62. The molecule has 2 bridgehead atoms. The van der Waals surface area contributed by atoms with Crippen LogP contribution in [0.25, 0.3) is 11.1 Å². The third-order valence-electron chi connectivity index (χ3n) is 6.37. The van der Waals surface area contributed by atoms with Gasteiger partial charge in [0.1, 0.15) is 5.75 Å². The van der Waals surface area contributed by atoms with Gasteiger partial charge in [-0.25, -0.2) is 0 Å². The van der Waals surface area contributed by atoms with Crippen molar-refractivity contribution in [2.45, 2.75) is 45.6 Å². The van der Waals surface area contributed by atoms with Crippen molar-refractivity contribution in [3.05, 3.63) is 54.1 Å². The first-order valence-electron chi connectivity index (χ1n) is 10.2. The summed E-state index contributed by atoms with van der Waals surface area (Å²) in [6, 6.07) is 15.2. The fourth-order valence-corrected chi connectivity index (χ4v) is 5.02. The Morgan fingerprint density at radius 1 is 1.04 bits per heavy atom. The lowest BCUT2D eigenvalue weighted by Gasteiger charge is -2.28. The molecule has 0 heterocycles. The summed E-state index contributed by atoms with van der Waals surface area (Å²) < 4.78 is 5.08. The summed E-state index contributed by atoms with van der Waals surface area (Å²) in [4.78, 5) is 23.9. The zero-order valence-electron chi connectivity index (χ0n) is 16.5. The molecule has 2 fully saturated rings. The average Bonchev–Trinajstić information content (AvgIpc) is 3.32. The van der Waals surface area contributed by atoms with Gasteiger partial charge in [-0.2, -0.15) is 0 Å². The van der Waals surface area contributed by atoms with Crippen LogP contribution in [-0.2, 0) is 4.79 Å². The first-order valence-corrected chi connectivity index (χ1v) is 10.2. The Morgan fingerprint density at radius 3 is 2.46 bits per heavy atom. The minimum absolute atomic E-state index is 0.00587. The molecule has 2 aromatic carbocycles. The number of hydrogen-bond donors (Lipinski definition) is 1. The first kappa shape index (κ1) is 18.7. The smallest absolute Gasteiger partial charge is 0.308 e. The lowest BCUT2D eigenvalue weighted by Crippen LogP contribution is -2.40. The van der Waals surface area contributed by atoms with Crippen LogP contribution >= 0.6 is 0 Å². The van der Waals surface area contributed by atoms with E-state index in [1.807, 2.05) is 36.4 Å². The summed E-state index contributed by atoms with van der Waals surface area (Å²) in [5, 5.41) is 3.24. The zero-order valence-corrected chi connectivity index (χ0v) is 16.5. The number of hydrogen-bond acceptors (Lipinski definition) is 3. The molecule has 2 aliphatic rings. The van der Waals surface area contributed by atoms with Crippen LogP contribution in [0.2, 0.25) is 0 Å². The van der Waals surface area contributed by atoms with E-state index in [1.54, 1.807) is 12.1 Å². The fraction of sp³-hybridized carbons (Fsp3) is 0.417. The molecular formula is C24H27NO3. The van der Waals surface area contributed by atoms with Crippen molar-refractivity contribution in [3.63, 3.8) is 0 Å². The van der Waals surface area contributed by atoms with Crippen LogP contribution in [0.4, 0.5) is 0 Å². The number of nitrogens with one attached hydrogen (secondary N) is 1. The van der Waals surface area contributed by atoms with Gasteiger partial charge < -0.3 is 10.1 Å². The Hall–Kier alpha value is -2.62. The second-order valence-electron chi connectivity index (χ2n) is 8.30. The van der Waals surface area contributed by atoms with Crippen molar-refractivity contribution < 1.29 is 14.3 Å². The van der Waals surface area contributed by atoms with Crippen LogP contribution in [0.5, 0.6) is 5.75 Å². The van der Waals surface area contributed by atoms with Crippen LogP contribution in [0.3, 0.4) is 0 Å². The van der Waals surface area contributed by atoms with Gasteiger partial charge in [0.05, 0.1) is 0 Å². The molecule has 0 aliphatic heterocycles. The van der Waals surface area contributed by atoms with E-state index in [2.05, 4.69) is 12.2 Å². The molecule has 28 heavy (non-hydrogen) atoms. The van der Waals surface area contributed by atoms with E-state index in [0.29, 0.717) is 17.2 Å². The van der Waals surface area contributed by atoms with Crippen LogP contribution in [0, 0.1) is 17.8 Å². The highest BCUT2D eigenvalue weighted by Gasteiger charge is 2.42. The predicted molar refractivity (Wildman–Crippen MR) is 109 cm³/mol. The minimum Gasteiger partial charge on any atom is -0.427 e. The highest BCUT2D eigenvalue weighted by atomic mass is 16.5. The first-order chi connectivity index (χ1) is 13.5. The summed E-state index contributed by atoms with van der Waals surface area (Å²) in [5.74, 6) is 2.48. The molecule has 1 amide bonds. The normalized spacial score (nSPS) is 24.0. The van der Waals surface area contributed by atoms with Crippen LogP contribution in [-0.4, -0.2) is 17.9 Å². The summed E-state index contributed by atoms with van der Waals surface area (Å²) in [6.45, 7) is 3.54. The molecule has 0 aromatic heterocycles. The molecule has 146 valence electrons. The second kappa shape index (κ2) is 7.78. The predicted octanol–water partition coefficient (Wildman–Crippen LogP) is 4.83. The Balaban J connectivity index is 1.44. The summed E-state index contributed by atoms with van der Waals surface area (Å²) >= 11 is 0. The molecule has 4 atom stereocenters. The monoisotopic (exact) mass is 377 g/mol. The van der Waals surface area contributed by atoms with E-state index >= 15 is 0 Å². The van der Waals surface area contributed by atoms with Gasteiger partial charge in [-0.05, 0) is 79.3 Å². The molecule has 4 rings (SSSR count). The number of benzene rings is 2. The maximum Gasteiger partial charge on any atom is 0.308 e. The molecule has 2 aliphatic carbocycles. The van der Waals surface area contributed by atoms with Crippen LogP contribution in [0.15, 0.2) is 48.5 Å². The molecule has 1 N–H and O–H groups in total. The number of esters is 1. The molecule has 4 heteroatoms. The number of ether oxygens (including phenoxy) is 1. The molecule has 0 spiro atoms. The van der Waals surface area contributed by atoms with Crippen molar-refractivity contribution in [1.29, 1.82) is 0 Å². The quantitative estimate of drug-likeness (QED) is 0.600. The van der Waals surface area contributed by atoms with Gasteiger partial charge >= 0.3 is 5.97 Å². The van der Waals surface area contributed by atoms with Gasteiger partial charge in [-0.1, -0.05) is 30.7 Å². The maximum atomic E-state index is 12.8. The summed E-state index contributed by atoms with van der Waals surface area (Å²) in [7, 11) is 0. The lowest BCUT2D eigenvalue weighted by molar-refractivity contribution is -0.131. The summed E-state index contributed by atoms with van der Waals surface area (Å²) in [6.07, 6.45) is 5.32. The van der Waals surface area contributed by atoms with E-state index in [1.165, 1.54) is 32.6 Å². The average molecular weight is 377 g/mol. The third kappa shape index (κ3) is 3.96. The zero-order chi connectivity index (χ0) is 19.7. The van der Waals surface area contributed by atoms with Gasteiger partial charge in [-0.15, -0.1) is 0 Å². The van der Waals surface area contributed by atoms with Gasteiger partial charge in [0.25, 0.3) is 5.91 Å². The second-order valence-corrected chi connectivity index (χ2v) is 8.30. The standard InChI is InChI=1S/C24H27NO3/c1-15(23-13-17-6-7-20(23)12-17)25-24(27)21-5-3-4-19(14-21)18-8-10-22(11-9-18)28-16(2)26/h3-5,8-11,14-15,17,20,23H,6-7,12-13H2,1-2H3,(H,25,27). The van der Waals surface area contributed by atoms with E-state index in [9.17, 15) is 9.59 Å². The Kier molecular flexibility index (Phi) is 5.21. The maximum absolute atomic E-state index is 12.8. The SMILES string of the molecule is CC(=O)Oc1ccc(-c2cccc(C(=O)NC(C)C3CC4CCC3C4)c2)cc1. The third-order valence-corrected chi connectivity index (χ3v) is 6.37. The fourth-order valence-electron chi connectivity index (χ4n) is 5.02. The Morgan fingerprint density at radius 2 is 1.82 bits per heavy atom. The number of rotatable bonds is 5. The van der Waals surface area contributed by atoms with Crippen molar-refractivity contribution >= 4 is 11.9 Å². The van der Waals surface area contributed by atoms with Crippen LogP contribution in [0.1, 0.15) is 49.9 Å². The molecule has 0 saturated heterocycles. The van der Waals surface area contributed by atoms with E-state index in [4.69, 9.17) is 4.74 Å². The van der Waals surface area contributed by atoms with Gasteiger partial charge in [-0.3, -0.25) is 9.59 Å². The molecule has 0 radical (unpaired) electrons. The number of amides is 1. The van der Waals surface area contributed by atoms with E-state index in [0.717, 1.165) is 23.0 Å². The van der Waals surface area contributed by atoms with E-state index in [-0.39, 0.29) is 17.9 Å². The molecule has 2 aromatic rings. The largest absolute Gasteiger partial charge is 0.427 e. The number of carbonyl (C=O) groups excluding carboxylic acids is 2. The van der Waals surface area contributed by atoms with Gasteiger partial charge in [0.15, 0.2) is 0 Å². The highest BCUT2D eigenvalue weighted by Crippen LogP contribution is 2.49. The minimum atomic E-state index is -0.337. The number of fused-ring (bicyclic) bond motifs is 2. The van der Waals surface area contributed by atoms with Crippen molar-refractivity contribution in [1.82, 2.24) is 5.32 Å². The van der Waals surface area contributed by atoms with Crippen LogP contribution < -0.4 is 10.1 Å². The van der Waals surface area contributed by atoms with Gasteiger partial charge in [0.2, 0.25) is 0 Å². The number of carbonyl (C=O) groups is 2.